The Labute approximate surface area is 167 Å². The number of hydrogen-bond acceptors (Lipinski definition) is 2. The molecule has 0 radical (unpaired) electrons. The zero-order valence-corrected chi connectivity index (χ0v) is 17.1. The molecule has 5 nitrogen and oxygen atoms in total. The van der Waals surface area contributed by atoms with Gasteiger partial charge in [0.15, 0.2) is 0 Å². The van der Waals surface area contributed by atoms with Gasteiger partial charge in [-0.3, -0.25) is 9.69 Å². The van der Waals surface area contributed by atoms with E-state index in [0.717, 1.165) is 26.9 Å². The maximum absolute atomic E-state index is 13.1. The van der Waals surface area contributed by atoms with Crippen LogP contribution in [-0.2, 0) is 11.3 Å². The normalized spacial score (nSPS) is 17.3. The molecule has 1 unspecified atom stereocenters. The van der Waals surface area contributed by atoms with Gasteiger partial charge in [-0.1, -0.05) is 39.7 Å². The van der Waals surface area contributed by atoms with Gasteiger partial charge in [-0.15, -0.1) is 0 Å². The van der Waals surface area contributed by atoms with Crippen molar-refractivity contribution >= 4 is 33.6 Å². The van der Waals surface area contributed by atoms with E-state index in [4.69, 9.17) is 0 Å². The second-order valence-electron chi connectivity index (χ2n) is 7.14. The monoisotopic (exact) mass is 430 g/mol. The van der Waals surface area contributed by atoms with Crippen LogP contribution in [0.4, 0.5) is 10.5 Å². The van der Waals surface area contributed by atoms with Crippen LogP contribution in [-0.4, -0.2) is 35.1 Å². The second-order valence-corrected chi connectivity index (χ2v) is 8.06. The molecule has 142 valence electrons. The third-order valence-electron chi connectivity index (χ3n) is 4.89. The van der Waals surface area contributed by atoms with Crippen molar-refractivity contribution < 1.29 is 14.7 Å². The molecule has 1 atom stereocenters. The van der Waals surface area contributed by atoms with E-state index < -0.39 is 5.97 Å². The van der Waals surface area contributed by atoms with Crippen molar-refractivity contribution in [2.24, 2.45) is 5.92 Å². The number of carboxylic acids is 1. The Morgan fingerprint density at radius 3 is 2.52 bits per heavy atom. The number of carbonyl (C=O) groups is 2. The summed E-state index contributed by atoms with van der Waals surface area (Å²) in [6.45, 7) is 5.41. The molecule has 0 aliphatic carbocycles. The first-order valence-electron chi connectivity index (χ1n) is 8.93. The molecular weight excluding hydrogens is 408 g/mol. The number of aliphatic carboxylic acids is 1. The summed E-state index contributed by atoms with van der Waals surface area (Å²) in [6, 6.07) is 13.6. The fourth-order valence-electron chi connectivity index (χ4n) is 3.48. The Morgan fingerprint density at radius 1 is 1.15 bits per heavy atom. The number of carboxylic acid groups (broad SMARTS) is 1. The summed E-state index contributed by atoms with van der Waals surface area (Å²) < 4.78 is 0.935. The minimum atomic E-state index is -0.836. The van der Waals surface area contributed by atoms with Crippen molar-refractivity contribution in [2.75, 3.05) is 18.0 Å². The summed E-state index contributed by atoms with van der Waals surface area (Å²) in [5, 5.41) is 9.25. The van der Waals surface area contributed by atoms with E-state index in [1.807, 2.05) is 38.1 Å². The maximum atomic E-state index is 13.1. The van der Waals surface area contributed by atoms with Crippen LogP contribution in [0, 0.1) is 19.8 Å². The van der Waals surface area contributed by atoms with Crippen molar-refractivity contribution in [1.82, 2.24) is 4.90 Å². The maximum Gasteiger partial charge on any atom is 0.324 e. The summed E-state index contributed by atoms with van der Waals surface area (Å²) in [4.78, 5) is 27.9. The summed E-state index contributed by atoms with van der Waals surface area (Å²) in [6.07, 6.45) is 0.0452. The predicted molar refractivity (Wildman–Crippen MR) is 109 cm³/mol. The minimum absolute atomic E-state index is 0.0452. The van der Waals surface area contributed by atoms with E-state index in [1.54, 1.807) is 9.80 Å². The number of amides is 2. The van der Waals surface area contributed by atoms with Gasteiger partial charge in [-0.25, -0.2) is 4.79 Å². The first-order chi connectivity index (χ1) is 12.8. The van der Waals surface area contributed by atoms with Gasteiger partial charge >= 0.3 is 12.0 Å². The predicted octanol–water partition coefficient (Wildman–Crippen LogP) is 4.60. The summed E-state index contributed by atoms with van der Waals surface area (Å²) in [5.41, 5.74) is 4.15. The molecule has 1 aliphatic rings. The summed E-state index contributed by atoms with van der Waals surface area (Å²) in [7, 11) is 0. The van der Waals surface area contributed by atoms with Crippen molar-refractivity contribution in [3.05, 3.63) is 63.6 Å². The number of benzene rings is 2. The van der Waals surface area contributed by atoms with Crippen molar-refractivity contribution in [1.29, 1.82) is 0 Å². The van der Waals surface area contributed by atoms with Gasteiger partial charge in [-0.2, -0.15) is 0 Å². The first-order valence-corrected chi connectivity index (χ1v) is 9.72. The Bertz CT molecular complexity index is 851. The van der Waals surface area contributed by atoms with Crippen molar-refractivity contribution in [2.45, 2.75) is 26.8 Å². The second kappa shape index (κ2) is 8.13. The average Bonchev–Trinajstić information content (AvgIpc) is 2.61. The highest BCUT2D eigenvalue weighted by atomic mass is 79.9. The van der Waals surface area contributed by atoms with Crippen molar-refractivity contribution in [3.63, 3.8) is 0 Å². The van der Waals surface area contributed by atoms with Gasteiger partial charge in [0, 0.05) is 35.7 Å². The van der Waals surface area contributed by atoms with Gasteiger partial charge in [0.2, 0.25) is 0 Å². The lowest BCUT2D eigenvalue weighted by Gasteiger charge is -2.40. The molecule has 27 heavy (non-hydrogen) atoms. The van der Waals surface area contributed by atoms with Crippen LogP contribution in [0.15, 0.2) is 46.9 Å². The minimum Gasteiger partial charge on any atom is -0.481 e. The average molecular weight is 431 g/mol. The Morgan fingerprint density at radius 2 is 1.85 bits per heavy atom. The Kier molecular flexibility index (Phi) is 5.85. The number of rotatable bonds is 5. The smallest absolute Gasteiger partial charge is 0.324 e. The molecule has 1 fully saturated rings. The number of halogens is 1. The quantitative estimate of drug-likeness (QED) is 0.753. The third kappa shape index (κ3) is 4.69. The number of nitrogens with zero attached hydrogens (tertiary/aromatic N) is 2. The van der Waals surface area contributed by atoms with Crippen LogP contribution in [0.5, 0.6) is 0 Å². The van der Waals surface area contributed by atoms with E-state index in [-0.39, 0.29) is 18.4 Å². The van der Waals surface area contributed by atoms with Gasteiger partial charge in [0.25, 0.3) is 0 Å². The Hall–Kier alpha value is -2.34. The summed E-state index contributed by atoms with van der Waals surface area (Å²) in [5.74, 6) is -0.953. The van der Waals surface area contributed by atoms with E-state index in [1.165, 1.54) is 0 Å². The number of hydrogen-bond donors (Lipinski definition) is 1. The van der Waals surface area contributed by atoms with Crippen molar-refractivity contribution in [3.8, 4) is 0 Å². The molecule has 0 saturated carbocycles. The van der Waals surface area contributed by atoms with E-state index in [2.05, 4.69) is 34.1 Å². The van der Waals surface area contributed by atoms with Crippen LogP contribution in [0.25, 0.3) is 0 Å². The molecular formula is C21H23BrN2O3. The largest absolute Gasteiger partial charge is 0.481 e. The first kappa shape index (κ1) is 19.4. The lowest BCUT2D eigenvalue weighted by molar-refractivity contribution is -0.138. The fraction of sp³-hybridized carbons (Fsp3) is 0.333. The molecule has 2 aromatic rings. The van der Waals surface area contributed by atoms with Crippen LogP contribution in [0.1, 0.15) is 23.1 Å². The van der Waals surface area contributed by atoms with Gasteiger partial charge in [0.05, 0.1) is 6.42 Å². The van der Waals surface area contributed by atoms with Gasteiger partial charge in [0.1, 0.15) is 0 Å². The van der Waals surface area contributed by atoms with E-state index in [9.17, 15) is 14.7 Å². The summed E-state index contributed by atoms with van der Waals surface area (Å²) >= 11 is 3.41. The van der Waals surface area contributed by atoms with Crippen LogP contribution in [0.3, 0.4) is 0 Å². The third-order valence-corrected chi connectivity index (χ3v) is 5.42. The molecule has 3 rings (SSSR count). The molecule has 1 heterocycles. The fourth-order valence-corrected chi connectivity index (χ4v) is 3.74. The van der Waals surface area contributed by atoms with Crippen LogP contribution < -0.4 is 4.90 Å². The SMILES string of the molecule is Cc1ccc(C)c(CN2CC(CC(=O)O)CN(c3ccc(Br)cc3)C2=O)c1. The molecule has 2 aromatic carbocycles. The topological polar surface area (TPSA) is 60.9 Å². The molecule has 1 saturated heterocycles. The van der Waals surface area contributed by atoms with Gasteiger partial charge in [-0.05, 0) is 49.2 Å². The zero-order chi connectivity index (χ0) is 19.6. The van der Waals surface area contributed by atoms with E-state index in [0.29, 0.717) is 19.6 Å². The molecule has 1 N–H and O–H groups in total. The zero-order valence-electron chi connectivity index (χ0n) is 15.5. The number of carbonyl (C=O) groups excluding carboxylic acids is 1. The number of urea groups is 1. The Balaban J connectivity index is 1.89. The molecule has 0 bridgehead atoms. The highest BCUT2D eigenvalue weighted by molar-refractivity contribution is 9.10. The van der Waals surface area contributed by atoms with Crippen LogP contribution >= 0.6 is 15.9 Å². The lowest BCUT2D eigenvalue weighted by Crippen LogP contribution is -2.53. The van der Waals surface area contributed by atoms with Gasteiger partial charge < -0.3 is 10.0 Å². The lowest BCUT2D eigenvalue weighted by atomic mass is 9.99. The molecule has 6 heteroatoms. The van der Waals surface area contributed by atoms with Crippen LogP contribution in [0.2, 0.25) is 0 Å². The standard InChI is InChI=1S/C21H23BrN2O3/c1-14-3-4-15(2)17(9-14)13-23-11-16(10-20(25)26)12-24(21(23)27)19-7-5-18(22)6-8-19/h3-9,16H,10-13H2,1-2H3,(H,25,26). The highest BCUT2D eigenvalue weighted by Crippen LogP contribution is 2.27. The highest BCUT2D eigenvalue weighted by Gasteiger charge is 2.33. The molecule has 0 aromatic heterocycles. The van der Waals surface area contributed by atoms with E-state index >= 15 is 0 Å². The molecule has 0 spiro atoms. The molecule has 1 aliphatic heterocycles. The molecule has 2 amide bonds. The number of aryl methyl sites for hydroxylation is 2. The number of anilines is 1.